The normalized spacial score (nSPS) is 17.9. The number of amides is 1. The maximum Gasteiger partial charge on any atom is 0.251 e. The molecule has 4 atom stereocenters. The third kappa shape index (κ3) is 4.65. The minimum Gasteiger partial charge on any atom is -0.547 e. The van der Waals surface area contributed by atoms with Gasteiger partial charge in [-0.15, -0.1) is 0 Å². The van der Waals surface area contributed by atoms with Crippen molar-refractivity contribution in [2.75, 3.05) is 6.54 Å². The second-order valence-corrected chi connectivity index (χ2v) is 3.48. The number of carboxylic acid groups (broad SMARTS) is 1. The molecule has 0 heterocycles. The van der Waals surface area contributed by atoms with E-state index in [4.69, 9.17) is 10.2 Å². The molecule has 0 radical (unpaired) electrons. The number of carbonyl (C=O) groups is 2. The molecule has 0 aromatic carbocycles. The zero-order chi connectivity index (χ0) is 13.6. The van der Waals surface area contributed by atoms with Crippen LogP contribution in [-0.2, 0) is 9.59 Å². The molecule has 0 saturated heterocycles. The lowest BCUT2D eigenvalue weighted by atomic mass is 10.0. The van der Waals surface area contributed by atoms with Crippen LogP contribution in [0.4, 0.5) is 0 Å². The molecular formula is C9H16NO7-. The van der Waals surface area contributed by atoms with Crippen molar-refractivity contribution in [3.05, 3.63) is 0 Å². The molecule has 17 heavy (non-hydrogen) atoms. The first-order valence-corrected chi connectivity index (χ1v) is 5.03. The molecule has 0 fully saturated rings. The van der Waals surface area contributed by atoms with Crippen molar-refractivity contribution < 1.29 is 35.1 Å². The van der Waals surface area contributed by atoms with Crippen molar-refractivity contribution in [3.8, 4) is 0 Å². The van der Waals surface area contributed by atoms with E-state index in [2.05, 4.69) is 5.32 Å². The largest absolute Gasteiger partial charge is 0.547 e. The van der Waals surface area contributed by atoms with Crippen LogP contribution in [0.5, 0.6) is 0 Å². The van der Waals surface area contributed by atoms with E-state index in [1.54, 1.807) is 6.92 Å². The molecule has 0 rings (SSSR count). The topological polar surface area (TPSA) is 150 Å². The third-order valence-corrected chi connectivity index (χ3v) is 2.06. The molecule has 0 unspecified atom stereocenters. The van der Waals surface area contributed by atoms with E-state index < -0.39 is 36.3 Å². The van der Waals surface area contributed by atoms with Crippen LogP contribution in [0.3, 0.4) is 0 Å². The highest BCUT2D eigenvalue weighted by molar-refractivity contribution is 5.81. The number of aliphatic carboxylic acids is 1. The van der Waals surface area contributed by atoms with Gasteiger partial charge in [0.25, 0.3) is 5.91 Å². The Morgan fingerprint density at radius 2 is 1.59 bits per heavy atom. The molecule has 8 heteroatoms. The van der Waals surface area contributed by atoms with E-state index in [1.807, 2.05) is 0 Å². The lowest BCUT2D eigenvalue weighted by molar-refractivity contribution is -0.320. The van der Waals surface area contributed by atoms with Gasteiger partial charge in [0.2, 0.25) is 0 Å². The first-order valence-electron chi connectivity index (χ1n) is 5.03. The second kappa shape index (κ2) is 7.17. The van der Waals surface area contributed by atoms with Gasteiger partial charge in [-0.1, -0.05) is 6.92 Å². The molecule has 0 aliphatic carbocycles. The Morgan fingerprint density at radius 3 is 2.00 bits per heavy atom. The van der Waals surface area contributed by atoms with Crippen LogP contribution in [0, 0.1) is 0 Å². The molecule has 0 aliphatic rings. The first-order chi connectivity index (χ1) is 7.82. The van der Waals surface area contributed by atoms with Gasteiger partial charge in [0.15, 0.2) is 6.10 Å². The summed E-state index contributed by atoms with van der Waals surface area (Å²) < 4.78 is 0. The van der Waals surface area contributed by atoms with Crippen molar-refractivity contribution >= 4 is 11.9 Å². The number of nitrogens with one attached hydrogen (secondary N) is 1. The average Bonchev–Trinajstić information content (AvgIpc) is 2.31. The Labute approximate surface area is 97.5 Å². The van der Waals surface area contributed by atoms with Crippen molar-refractivity contribution in [1.82, 2.24) is 5.32 Å². The van der Waals surface area contributed by atoms with Crippen molar-refractivity contribution in [3.63, 3.8) is 0 Å². The Balaban J connectivity index is 4.42. The summed E-state index contributed by atoms with van der Waals surface area (Å²) in [7, 11) is 0. The van der Waals surface area contributed by atoms with Gasteiger partial charge in [-0.05, 0) is 6.42 Å². The van der Waals surface area contributed by atoms with Gasteiger partial charge in [0, 0.05) is 6.54 Å². The number of aliphatic hydroxyl groups is 4. The fraction of sp³-hybridized carbons (Fsp3) is 0.778. The summed E-state index contributed by atoms with van der Waals surface area (Å²) >= 11 is 0. The molecule has 0 aliphatic heterocycles. The predicted octanol–water partition coefficient (Wildman–Crippen LogP) is -4.29. The maximum atomic E-state index is 11.2. The molecule has 0 aromatic heterocycles. The Kier molecular flexibility index (Phi) is 6.66. The van der Waals surface area contributed by atoms with Crippen LogP contribution in [0.15, 0.2) is 0 Å². The minimum atomic E-state index is -2.39. The standard InChI is InChI=1S/C9H17NO7/c1-2-3-10-8(15)6(13)4(11)5(12)7(14)9(16)17/h4-7,11-14H,2-3H2,1H3,(H,10,15)(H,16,17)/p-1/t4-,5-,6+,7-/m0/s1. The van der Waals surface area contributed by atoms with E-state index in [-0.39, 0.29) is 6.54 Å². The van der Waals surface area contributed by atoms with Gasteiger partial charge in [0.1, 0.15) is 18.3 Å². The van der Waals surface area contributed by atoms with E-state index in [0.717, 1.165) is 0 Å². The average molecular weight is 250 g/mol. The van der Waals surface area contributed by atoms with E-state index in [9.17, 15) is 24.9 Å². The maximum absolute atomic E-state index is 11.2. The van der Waals surface area contributed by atoms with Crippen molar-refractivity contribution in [2.24, 2.45) is 0 Å². The Morgan fingerprint density at radius 1 is 1.12 bits per heavy atom. The summed E-state index contributed by atoms with van der Waals surface area (Å²) in [4.78, 5) is 21.4. The van der Waals surface area contributed by atoms with Gasteiger partial charge in [0.05, 0.1) is 5.97 Å². The van der Waals surface area contributed by atoms with E-state index >= 15 is 0 Å². The molecule has 100 valence electrons. The van der Waals surface area contributed by atoms with Crippen LogP contribution < -0.4 is 10.4 Å². The summed E-state index contributed by atoms with van der Waals surface area (Å²) in [5, 5.41) is 49.0. The lowest BCUT2D eigenvalue weighted by Crippen LogP contribution is -2.55. The monoisotopic (exact) mass is 250 g/mol. The van der Waals surface area contributed by atoms with Crippen LogP contribution in [0.25, 0.3) is 0 Å². The fourth-order valence-corrected chi connectivity index (χ4v) is 1.02. The minimum absolute atomic E-state index is 0.252. The molecule has 0 spiro atoms. The zero-order valence-corrected chi connectivity index (χ0v) is 9.24. The van der Waals surface area contributed by atoms with Gasteiger partial charge in [-0.25, -0.2) is 0 Å². The third-order valence-electron chi connectivity index (χ3n) is 2.06. The summed E-state index contributed by atoms with van der Waals surface area (Å²) in [5.74, 6) is -2.98. The smallest absolute Gasteiger partial charge is 0.251 e. The predicted molar refractivity (Wildman–Crippen MR) is 52.3 cm³/mol. The van der Waals surface area contributed by atoms with Gasteiger partial charge in [-0.3, -0.25) is 4.79 Å². The number of carbonyl (C=O) groups excluding carboxylic acids is 2. The lowest BCUT2D eigenvalue weighted by Gasteiger charge is -2.26. The van der Waals surface area contributed by atoms with E-state index in [0.29, 0.717) is 6.42 Å². The quantitative estimate of drug-likeness (QED) is 0.306. The Bertz CT molecular complexity index is 270. The SMILES string of the molecule is CCCNC(=O)[C@H](O)[C@@H](O)[C@H](O)[C@H](O)C(=O)[O-]. The summed E-state index contributed by atoms with van der Waals surface area (Å²) in [5.41, 5.74) is 0. The highest BCUT2D eigenvalue weighted by atomic mass is 16.4. The van der Waals surface area contributed by atoms with Crippen LogP contribution >= 0.6 is 0 Å². The van der Waals surface area contributed by atoms with E-state index in [1.165, 1.54) is 0 Å². The van der Waals surface area contributed by atoms with Crippen molar-refractivity contribution in [2.45, 2.75) is 37.8 Å². The Hall–Kier alpha value is -1.22. The van der Waals surface area contributed by atoms with Gasteiger partial charge in [-0.2, -0.15) is 0 Å². The first kappa shape index (κ1) is 15.8. The van der Waals surface area contributed by atoms with Crippen molar-refractivity contribution in [1.29, 1.82) is 0 Å². The number of carboxylic acids is 1. The highest BCUT2D eigenvalue weighted by Crippen LogP contribution is 2.05. The molecule has 8 nitrogen and oxygen atoms in total. The van der Waals surface area contributed by atoms with Crippen LogP contribution in [0.1, 0.15) is 13.3 Å². The second-order valence-electron chi connectivity index (χ2n) is 3.48. The molecule has 0 bridgehead atoms. The molecule has 0 saturated carbocycles. The molecule has 1 amide bonds. The molecule has 0 aromatic rings. The number of aliphatic hydroxyl groups excluding tert-OH is 4. The van der Waals surface area contributed by atoms with Crippen LogP contribution in [-0.4, -0.2) is 63.3 Å². The zero-order valence-electron chi connectivity index (χ0n) is 9.24. The number of hydrogen-bond donors (Lipinski definition) is 5. The van der Waals surface area contributed by atoms with Gasteiger partial charge < -0.3 is 35.6 Å². The highest BCUT2D eigenvalue weighted by Gasteiger charge is 2.34. The molecule has 5 N–H and O–H groups in total. The summed E-state index contributed by atoms with van der Waals surface area (Å²) in [6.07, 6.45) is -8.18. The number of rotatable bonds is 7. The summed E-state index contributed by atoms with van der Waals surface area (Å²) in [6.45, 7) is 2.01. The van der Waals surface area contributed by atoms with Crippen LogP contribution in [0.2, 0.25) is 0 Å². The summed E-state index contributed by atoms with van der Waals surface area (Å²) in [6, 6.07) is 0. The molecular weight excluding hydrogens is 234 g/mol. The fourth-order valence-electron chi connectivity index (χ4n) is 1.02. The van der Waals surface area contributed by atoms with Gasteiger partial charge >= 0.3 is 0 Å². The number of hydrogen-bond acceptors (Lipinski definition) is 7.